The molecule has 2 heterocycles. The quantitative estimate of drug-likeness (QED) is 0.478. The van der Waals surface area contributed by atoms with Gasteiger partial charge in [0.05, 0.1) is 11.4 Å². The lowest BCUT2D eigenvalue weighted by molar-refractivity contribution is -0.192. The van der Waals surface area contributed by atoms with E-state index in [4.69, 9.17) is 9.90 Å². The standard InChI is InChI=1S/C26H31N5O.C2HF3O2/c1-18-7-6-10-24(18)30-15-13-20-11-12-22(17-21(20)14-16-30)27-26(32)25-19(2)28-31(29-25)23-8-4-3-5-9-23;3-2(4,5)1(6)7/h3-5,8-9,11-12,17-18,24H,6-7,10,13-16H2,1-2H3,(H,27,32);(H,6,7). The number of carbonyl (C=O) groups is 2. The number of halogens is 3. The normalized spacial score (nSPS) is 19.4. The molecule has 0 bridgehead atoms. The minimum Gasteiger partial charge on any atom is -0.475 e. The summed E-state index contributed by atoms with van der Waals surface area (Å²) in [6.07, 6.45) is 1.09. The van der Waals surface area contributed by atoms with Crippen molar-refractivity contribution in [3.8, 4) is 5.69 Å². The first-order chi connectivity index (χ1) is 18.5. The van der Waals surface area contributed by atoms with Crippen LogP contribution in [0.1, 0.15) is 53.5 Å². The summed E-state index contributed by atoms with van der Waals surface area (Å²) >= 11 is 0. The van der Waals surface area contributed by atoms with Crippen LogP contribution in [0.25, 0.3) is 5.69 Å². The van der Waals surface area contributed by atoms with Crippen molar-refractivity contribution in [2.75, 3.05) is 18.4 Å². The average Bonchev–Trinajstić information content (AvgIpc) is 3.44. The maximum Gasteiger partial charge on any atom is 0.490 e. The summed E-state index contributed by atoms with van der Waals surface area (Å²) in [4.78, 5) is 26.0. The Morgan fingerprint density at radius 1 is 1.00 bits per heavy atom. The lowest BCUT2D eigenvalue weighted by Crippen LogP contribution is -2.38. The van der Waals surface area contributed by atoms with Crippen molar-refractivity contribution in [3.05, 3.63) is 71.0 Å². The number of amides is 1. The number of rotatable bonds is 4. The molecule has 1 amide bonds. The van der Waals surface area contributed by atoms with Gasteiger partial charge in [-0.15, -0.1) is 5.10 Å². The smallest absolute Gasteiger partial charge is 0.475 e. The van der Waals surface area contributed by atoms with E-state index in [1.165, 1.54) is 35.2 Å². The van der Waals surface area contributed by atoms with Gasteiger partial charge in [-0.3, -0.25) is 9.69 Å². The molecule has 2 unspecified atom stereocenters. The molecule has 2 N–H and O–H groups in total. The Morgan fingerprint density at radius 3 is 2.28 bits per heavy atom. The molecule has 0 spiro atoms. The maximum atomic E-state index is 12.9. The summed E-state index contributed by atoms with van der Waals surface area (Å²) in [6.45, 7) is 6.45. The molecule has 0 radical (unpaired) electrons. The second-order valence-electron chi connectivity index (χ2n) is 10.0. The Labute approximate surface area is 224 Å². The van der Waals surface area contributed by atoms with Gasteiger partial charge in [-0.2, -0.15) is 23.1 Å². The Bertz CT molecular complexity index is 1310. The molecule has 3 aromatic rings. The molecule has 1 saturated carbocycles. The van der Waals surface area contributed by atoms with Crippen molar-refractivity contribution in [2.24, 2.45) is 5.92 Å². The van der Waals surface area contributed by atoms with Crippen LogP contribution >= 0.6 is 0 Å². The van der Waals surface area contributed by atoms with Gasteiger partial charge in [0.2, 0.25) is 0 Å². The Kier molecular flexibility index (Phi) is 8.69. The molecule has 208 valence electrons. The first kappa shape index (κ1) is 28.3. The number of fused-ring (bicyclic) bond motifs is 1. The SMILES string of the molecule is Cc1nn(-c2ccccc2)nc1C(=O)Nc1ccc2c(c1)CCN(C1CCCC1C)CC2.O=C(O)C(F)(F)F. The highest BCUT2D eigenvalue weighted by atomic mass is 19.4. The fourth-order valence-electron chi connectivity index (χ4n) is 5.28. The van der Waals surface area contributed by atoms with Gasteiger partial charge in [-0.25, -0.2) is 4.79 Å². The predicted molar refractivity (Wildman–Crippen MR) is 140 cm³/mol. The number of nitrogens with one attached hydrogen (secondary N) is 1. The van der Waals surface area contributed by atoms with Gasteiger partial charge in [0, 0.05) is 24.8 Å². The summed E-state index contributed by atoms with van der Waals surface area (Å²) in [7, 11) is 0. The summed E-state index contributed by atoms with van der Waals surface area (Å²) in [5.74, 6) is -2.18. The van der Waals surface area contributed by atoms with Crippen LogP contribution in [0.4, 0.5) is 18.9 Å². The van der Waals surface area contributed by atoms with E-state index in [1.54, 1.807) is 0 Å². The molecule has 2 atom stereocenters. The van der Waals surface area contributed by atoms with E-state index in [1.807, 2.05) is 43.3 Å². The molecule has 0 saturated heterocycles. The van der Waals surface area contributed by atoms with Gasteiger partial charge in [-0.1, -0.05) is 37.6 Å². The zero-order valence-corrected chi connectivity index (χ0v) is 21.9. The molecule has 2 aromatic carbocycles. The minimum atomic E-state index is -5.08. The van der Waals surface area contributed by atoms with E-state index in [-0.39, 0.29) is 5.91 Å². The number of anilines is 1. The molecule has 39 heavy (non-hydrogen) atoms. The predicted octanol–water partition coefficient (Wildman–Crippen LogP) is 5.05. The van der Waals surface area contributed by atoms with Crippen LogP contribution in [0.15, 0.2) is 48.5 Å². The molecule has 11 heteroatoms. The van der Waals surface area contributed by atoms with Crippen molar-refractivity contribution >= 4 is 17.6 Å². The lowest BCUT2D eigenvalue weighted by atomic mass is 10.0. The molecular weight excluding hydrogens is 511 g/mol. The number of para-hydroxylation sites is 1. The number of benzene rings is 2. The largest absolute Gasteiger partial charge is 0.490 e. The van der Waals surface area contributed by atoms with Crippen LogP contribution < -0.4 is 5.32 Å². The van der Waals surface area contributed by atoms with Gasteiger partial charge in [0.1, 0.15) is 0 Å². The molecule has 5 rings (SSSR count). The third-order valence-electron chi connectivity index (χ3n) is 7.31. The molecule has 1 fully saturated rings. The number of aryl methyl sites for hydroxylation is 1. The monoisotopic (exact) mass is 543 g/mol. The third-order valence-corrected chi connectivity index (χ3v) is 7.31. The third kappa shape index (κ3) is 7.03. The van der Waals surface area contributed by atoms with E-state index in [9.17, 15) is 18.0 Å². The van der Waals surface area contributed by atoms with Gasteiger partial charge in [0.25, 0.3) is 5.91 Å². The summed E-state index contributed by atoms with van der Waals surface area (Å²) in [6, 6.07) is 16.7. The van der Waals surface area contributed by atoms with E-state index >= 15 is 0 Å². The molecule has 1 aromatic heterocycles. The zero-order valence-electron chi connectivity index (χ0n) is 21.9. The number of aliphatic carboxylic acids is 1. The Morgan fingerprint density at radius 2 is 1.67 bits per heavy atom. The maximum absolute atomic E-state index is 12.9. The average molecular weight is 544 g/mol. The van der Waals surface area contributed by atoms with Crippen molar-refractivity contribution in [1.29, 1.82) is 0 Å². The number of hydrogen-bond donors (Lipinski definition) is 2. The number of hydrogen-bond acceptors (Lipinski definition) is 5. The zero-order chi connectivity index (χ0) is 28.2. The van der Waals surface area contributed by atoms with Crippen molar-refractivity contribution in [3.63, 3.8) is 0 Å². The number of nitrogens with zero attached hydrogens (tertiary/aromatic N) is 4. The fraction of sp³-hybridized carbons (Fsp3) is 0.429. The summed E-state index contributed by atoms with van der Waals surface area (Å²) in [5, 5.41) is 19.0. The van der Waals surface area contributed by atoms with Crippen LogP contribution in [0, 0.1) is 12.8 Å². The Hall–Kier alpha value is -3.73. The van der Waals surface area contributed by atoms with Crippen molar-refractivity contribution < 1.29 is 27.9 Å². The highest BCUT2D eigenvalue weighted by Crippen LogP contribution is 2.31. The van der Waals surface area contributed by atoms with Crippen molar-refractivity contribution in [1.82, 2.24) is 19.9 Å². The molecule has 1 aliphatic heterocycles. The number of alkyl halides is 3. The van der Waals surface area contributed by atoms with Crippen LogP contribution in [-0.2, 0) is 17.6 Å². The van der Waals surface area contributed by atoms with Crippen LogP contribution in [0.3, 0.4) is 0 Å². The van der Waals surface area contributed by atoms with Gasteiger partial charge in [0.15, 0.2) is 5.69 Å². The van der Waals surface area contributed by atoms with E-state index in [0.29, 0.717) is 11.4 Å². The van der Waals surface area contributed by atoms with Crippen LogP contribution in [-0.4, -0.2) is 62.2 Å². The topological polar surface area (TPSA) is 100 Å². The van der Waals surface area contributed by atoms with Crippen molar-refractivity contribution in [2.45, 2.75) is 58.2 Å². The number of aromatic nitrogens is 3. The number of carboxylic acids is 1. The second kappa shape index (κ2) is 12.0. The number of carbonyl (C=O) groups excluding carboxylic acids is 1. The molecule has 2 aliphatic rings. The summed E-state index contributed by atoms with van der Waals surface area (Å²) in [5.41, 5.74) is 5.38. The first-order valence-electron chi connectivity index (χ1n) is 13.0. The fourth-order valence-corrected chi connectivity index (χ4v) is 5.28. The highest BCUT2D eigenvalue weighted by molar-refractivity contribution is 6.03. The van der Waals surface area contributed by atoms with Crippen LogP contribution in [0.5, 0.6) is 0 Å². The van der Waals surface area contributed by atoms with Gasteiger partial charge >= 0.3 is 12.1 Å². The Balaban J connectivity index is 0.000000448. The van der Waals surface area contributed by atoms with E-state index in [2.05, 4.69) is 39.5 Å². The highest BCUT2D eigenvalue weighted by Gasteiger charge is 2.38. The van der Waals surface area contributed by atoms with Gasteiger partial charge in [-0.05, 0) is 73.9 Å². The summed E-state index contributed by atoms with van der Waals surface area (Å²) < 4.78 is 31.7. The van der Waals surface area contributed by atoms with E-state index < -0.39 is 12.1 Å². The minimum absolute atomic E-state index is 0.223. The van der Waals surface area contributed by atoms with Gasteiger partial charge < -0.3 is 10.4 Å². The molecule has 8 nitrogen and oxygen atoms in total. The molecule has 1 aliphatic carbocycles. The second-order valence-corrected chi connectivity index (χ2v) is 10.0. The molecular formula is C28H32F3N5O3. The lowest BCUT2D eigenvalue weighted by Gasteiger charge is -2.30. The van der Waals surface area contributed by atoms with E-state index in [0.717, 1.165) is 49.3 Å². The first-order valence-corrected chi connectivity index (χ1v) is 13.0. The number of carboxylic acid groups (broad SMARTS) is 1. The van der Waals surface area contributed by atoms with Crippen LogP contribution in [0.2, 0.25) is 0 Å².